The fourth-order valence-electron chi connectivity index (χ4n) is 3.70. The Morgan fingerprint density at radius 1 is 1.15 bits per heavy atom. The standard InChI is InChI=1S/C24H35N5O3S/c1-5-18(4)27-24(30)22-15-20(16-26-23(22)29-12-10-25-11-13-29)28-33(31,32)21-8-6-19(7-9-21)14-17(2)3/h6-9,15-18,25,28H,5,10-14H2,1-4H3,(H,27,30)/t18-/m1/s1. The summed E-state index contributed by atoms with van der Waals surface area (Å²) in [7, 11) is -3.81. The monoisotopic (exact) mass is 473 g/mol. The number of carbonyl (C=O) groups excluding carboxylic acids is 1. The summed E-state index contributed by atoms with van der Waals surface area (Å²) in [6.07, 6.45) is 3.16. The second-order valence-corrected chi connectivity index (χ2v) is 10.6. The number of amides is 1. The number of anilines is 2. The second-order valence-electron chi connectivity index (χ2n) is 8.96. The number of nitrogens with zero attached hydrogens (tertiary/aromatic N) is 2. The van der Waals surface area contributed by atoms with Gasteiger partial charge in [0.15, 0.2) is 0 Å². The summed E-state index contributed by atoms with van der Waals surface area (Å²) in [5.74, 6) is 0.800. The first kappa shape index (κ1) is 25.0. The number of aromatic nitrogens is 1. The molecule has 1 fully saturated rings. The van der Waals surface area contributed by atoms with Crippen molar-refractivity contribution < 1.29 is 13.2 Å². The molecule has 2 aromatic rings. The highest BCUT2D eigenvalue weighted by atomic mass is 32.2. The quantitative estimate of drug-likeness (QED) is 0.517. The van der Waals surface area contributed by atoms with E-state index in [1.165, 1.54) is 6.20 Å². The van der Waals surface area contributed by atoms with Crippen LogP contribution in [0.2, 0.25) is 0 Å². The molecule has 1 amide bonds. The Morgan fingerprint density at radius 3 is 2.42 bits per heavy atom. The molecule has 3 N–H and O–H groups in total. The predicted octanol–water partition coefficient (Wildman–Crippen LogP) is 3.02. The van der Waals surface area contributed by atoms with Gasteiger partial charge in [-0.15, -0.1) is 0 Å². The average Bonchev–Trinajstić information content (AvgIpc) is 2.79. The van der Waals surface area contributed by atoms with Gasteiger partial charge in [-0.3, -0.25) is 9.52 Å². The first-order valence-electron chi connectivity index (χ1n) is 11.6. The minimum atomic E-state index is -3.81. The molecule has 0 bridgehead atoms. The molecule has 33 heavy (non-hydrogen) atoms. The molecular weight excluding hydrogens is 438 g/mol. The Balaban J connectivity index is 1.87. The van der Waals surface area contributed by atoms with E-state index in [1.807, 2.05) is 30.9 Å². The highest BCUT2D eigenvalue weighted by molar-refractivity contribution is 7.92. The van der Waals surface area contributed by atoms with Crippen molar-refractivity contribution in [2.45, 2.75) is 51.5 Å². The molecule has 180 valence electrons. The molecule has 1 aliphatic rings. The summed E-state index contributed by atoms with van der Waals surface area (Å²) in [5, 5.41) is 6.26. The number of hydrogen-bond acceptors (Lipinski definition) is 6. The van der Waals surface area contributed by atoms with E-state index in [9.17, 15) is 13.2 Å². The van der Waals surface area contributed by atoms with Crippen molar-refractivity contribution >= 4 is 27.4 Å². The van der Waals surface area contributed by atoms with E-state index >= 15 is 0 Å². The topological polar surface area (TPSA) is 103 Å². The van der Waals surface area contributed by atoms with Crippen LogP contribution in [0.5, 0.6) is 0 Å². The van der Waals surface area contributed by atoms with E-state index in [1.54, 1.807) is 18.2 Å². The molecule has 1 aromatic heterocycles. The lowest BCUT2D eigenvalue weighted by Crippen LogP contribution is -2.45. The van der Waals surface area contributed by atoms with Crippen LogP contribution in [0, 0.1) is 5.92 Å². The van der Waals surface area contributed by atoms with Crippen LogP contribution in [0.1, 0.15) is 50.0 Å². The average molecular weight is 474 g/mol. The molecular formula is C24H35N5O3S. The van der Waals surface area contributed by atoms with Crippen molar-refractivity contribution in [2.75, 3.05) is 35.8 Å². The van der Waals surface area contributed by atoms with Gasteiger partial charge in [0.05, 0.1) is 22.3 Å². The molecule has 0 saturated carbocycles. The Labute approximate surface area is 197 Å². The van der Waals surface area contributed by atoms with Gasteiger partial charge in [0.2, 0.25) is 0 Å². The molecule has 1 saturated heterocycles. The number of piperazine rings is 1. The number of sulfonamides is 1. The summed E-state index contributed by atoms with van der Waals surface area (Å²) in [6, 6.07) is 8.47. The van der Waals surface area contributed by atoms with E-state index < -0.39 is 10.0 Å². The van der Waals surface area contributed by atoms with Crippen molar-refractivity contribution in [3.8, 4) is 0 Å². The fraction of sp³-hybridized carbons (Fsp3) is 0.500. The Bertz CT molecular complexity index is 1050. The van der Waals surface area contributed by atoms with E-state index in [2.05, 4.69) is 34.2 Å². The SMILES string of the molecule is CC[C@@H](C)NC(=O)c1cc(NS(=O)(=O)c2ccc(CC(C)C)cc2)cnc1N1CCNCC1. The molecule has 1 aliphatic heterocycles. The molecule has 1 atom stereocenters. The van der Waals surface area contributed by atoms with E-state index in [4.69, 9.17) is 0 Å². The molecule has 0 unspecified atom stereocenters. The Morgan fingerprint density at radius 2 is 1.82 bits per heavy atom. The molecule has 9 heteroatoms. The highest BCUT2D eigenvalue weighted by Crippen LogP contribution is 2.24. The molecule has 1 aromatic carbocycles. The summed E-state index contributed by atoms with van der Waals surface area (Å²) >= 11 is 0. The predicted molar refractivity (Wildman–Crippen MR) is 132 cm³/mol. The van der Waals surface area contributed by atoms with Crippen molar-refractivity contribution in [3.05, 3.63) is 47.7 Å². The van der Waals surface area contributed by atoms with Gasteiger partial charge >= 0.3 is 0 Å². The highest BCUT2D eigenvalue weighted by Gasteiger charge is 2.23. The summed E-state index contributed by atoms with van der Waals surface area (Å²) in [4.78, 5) is 19.7. The first-order chi connectivity index (χ1) is 15.7. The number of nitrogens with one attached hydrogen (secondary N) is 3. The molecule has 2 heterocycles. The van der Waals surface area contributed by atoms with Gasteiger partial charge in [-0.2, -0.15) is 0 Å². The maximum atomic E-state index is 13.0. The van der Waals surface area contributed by atoms with Crippen LogP contribution < -0.4 is 20.3 Å². The summed E-state index contributed by atoms with van der Waals surface area (Å²) in [6.45, 7) is 11.2. The van der Waals surface area contributed by atoms with Crippen LogP contribution in [0.15, 0.2) is 41.4 Å². The van der Waals surface area contributed by atoms with E-state index in [0.717, 1.165) is 44.6 Å². The number of rotatable bonds is 9. The summed E-state index contributed by atoms with van der Waals surface area (Å²) in [5.41, 5.74) is 1.72. The lowest BCUT2D eigenvalue weighted by molar-refractivity contribution is 0.0939. The first-order valence-corrected chi connectivity index (χ1v) is 13.1. The smallest absolute Gasteiger partial charge is 0.261 e. The molecule has 3 rings (SSSR count). The van der Waals surface area contributed by atoms with Crippen molar-refractivity contribution in [1.29, 1.82) is 0 Å². The van der Waals surface area contributed by atoms with Crippen molar-refractivity contribution in [2.24, 2.45) is 5.92 Å². The second kappa shape index (κ2) is 11.0. The van der Waals surface area contributed by atoms with Crippen LogP contribution >= 0.6 is 0 Å². The lowest BCUT2D eigenvalue weighted by Gasteiger charge is -2.30. The molecule has 0 aliphatic carbocycles. The largest absolute Gasteiger partial charge is 0.353 e. The third kappa shape index (κ3) is 6.68. The lowest BCUT2D eigenvalue weighted by atomic mass is 10.0. The van der Waals surface area contributed by atoms with Gasteiger partial charge in [-0.25, -0.2) is 13.4 Å². The zero-order valence-corrected chi connectivity index (χ0v) is 20.7. The maximum absolute atomic E-state index is 13.0. The van der Waals surface area contributed by atoms with E-state index in [-0.39, 0.29) is 22.5 Å². The van der Waals surface area contributed by atoms with Gasteiger partial charge in [0.1, 0.15) is 5.82 Å². The van der Waals surface area contributed by atoms with Gasteiger partial charge < -0.3 is 15.5 Å². The van der Waals surface area contributed by atoms with Crippen LogP contribution in [0.3, 0.4) is 0 Å². The third-order valence-corrected chi connectivity index (χ3v) is 7.04. The van der Waals surface area contributed by atoms with Crippen LogP contribution in [0.25, 0.3) is 0 Å². The number of carbonyl (C=O) groups is 1. The van der Waals surface area contributed by atoms with Crippen molar-refractivity contribution in [3.63, 3.8) is 0 Å². The third-order valence-electron chi connectivity index (χ3n) is 5.65. The number of benzene rings is 1. The zero-order valence-electron chi connectivity index (χ0n) is 19.9. The van der Waals surface area contributed by atoms with Gasteiger partial charge in [-0.05, 0) is 49.4 Å². The minimum Gasteiger partial charge on any atom is -0.353 e. The normalized spacial score (nSPS) is 15.4. The Hall–Kier alpha value is -2.65. The number of hydrogen-bond donors (Lipinski definition) is 3. The fourth-order valence-corrected chi connectivity index (χ4v) is 4.74. The van der Waals surface area contributed by atoms with Gasteiger partial charge in [0, 0.05) is 32.2 Å². The molecule has 8 nitrogen and oxygen atoms in total. The van der Waals surface area contributed by atoms with Gasteiger partial charge in [-0.1, -0.05) is 32.9 Å². The van der Waals surface area contributed by atoms with Crippen LogP contribution in [0.4, 0.5) is 11.5 Å². The minimum absolute atomic E-state index is 0.00178. The molecule has 0 radical (unpaired) electrons. The summed E-state index contributed by atoms with van der Waals surface area (Å²) < 4.78 is 28.5. The maximum Gasteiger partial charge on any atom is 0.261 e. The van der Waals surface area contributed by atoms with Crippen molar-refractivity contribution in [1.82, 2.24) is 15.6 Å². The van der Waals surface area contributed by atoms with Crippen LogP contribution in [-0.4, -0.2) is 51.5 Å². The number of pyridine rings is 1. The van der Waals surface area contributed by atoms with E-state index in [0.29, 0.717) is 17.3 Å². The van der Waals surface area contributed by atoms with Gasteiger partial charge in [0.25, 0.3) is 15.9 Å². The van der Waals surface area contributed by atoms with Crippen LogP contribution in [-0.2, 0) is 16.4 Å². The zero-order chi connectivity index (χ0) is 24.0. The molecule has 0 spiro atoms. The Kier molecular flexibility index (Phi) is 8.31.